The van der Waals surface area contributed by atoms with Gasteiger partial charge in [0.25, 0.3) is 6.47 Å². The van der Waals surface area contributed by atoms with Gasteiger partial charge in [0.2, 0.25) is 0 Å². The molecule has 0 unspecified atom stereocenters. The van der Waals surface area contributed by atoms with Gasteiger partial charge in [-0.15, -0.1) is 0 Å². The third-order valence-electron chi connectivity index (χ3n) is 14.9. The van der Waals surface area contributed by atoms with Crippen molar-refractivity contribution < 1.29 is 157 Å². The van der Waals surface area contributed by atoms with E-state index < -0.39 is 11.2 Å². The summed E-state index contributed by atoms with van der Waals surface area (Å²) < 4.78 is 19.9. The number of nitrogens with zero attached hydrogens (tertiary/aromatic N) is 2. The predicted octanol–water partition coefficient (Wildman–Crippen LogP) is 11.3. The largest absolute Gasteiger partial charge is 1.00 e. The molecule has 14 nitrogen and oxygen atoms in total. The van der Waals surface area contributed by atoms with Gasteiger partial charge in [-0.1, -0.05) is 198 Å². The van der Waals surface area contributed by atoms with E-state index in [-0.39, 0.29) is 134 Å². The van der Waals surface area contributed by atoms with E-state index >= 15 is 0 Å². The zero-order chi connectivity index (χ0) is 66.8. The average molecular weight is 1550 g/mol. The summed E-state index contributed by atoms with van der Waals surface area (Å²) in [5.41, 5.74) is 22.0. The van der Waals surface area contributed by atoms with Crippen molar-refractivity contribution in [2.24, 2.45) is 0 Å². The molecule has 8 aromatic carbocycles. The van der Waals surface area contributed by atoms with E-state index in [2.05, 4.69) is 106 Å². The molecule has 0 spiro atoms. The molecule has 2 aromatic heterocycles. The fourth-order valence-corrected chi connectivity index (χ4v) is 12.1. The van der Waals surface area contributed by atoms with Crippen LogP contribution in [0.25, 0.3) is 32.8 Å². The van der Waals surface area contributed by atoms with Gasteiger partial charge >= 0.3 is 120 Å². The van der Waals surface area contributed by atoms with Gasteiger partial charge in [-0.05, 0) is 161 Å². The van der Waals surface area contributed by atoms with Crippen molar-refractivity contribution in [3.8, 4) is 0 Å². The first kappa shape index (κ1) is 78.9. The number of anilines is 1. The van der Waals surface area contributed by atoms with E-state index in [1.165, 1.54) is 36.5 Å². The van der Waals surface area contributed by atoms with Crippen molar-refractivity contribution in [1.29, 1.82) is 0 Å². The van der Waals surface area contributed by atoms with Crippen LogP contribution in [0.2, 0.25) is 10.0 Å². The predicted molar refractivity (Wildman–Crippen MR) is 376 cm³/mol. The Labute approximate surface area is 673 Å². The third-order valence-corrected chi connectivity index (χ3v) is 16.3. The number of nitrogen functional groups attached to an aromatic ring is 1. The number of para-hydroxylation sites is 3. The fraction of sp³-hybridized carbons (Fsp3) is 0.111. The van der Waals surface area contributed by atoms with Crippen molar-refractivity contribution in [1.82, 2.24) is 9.97 Å². The number of rotatable bonds is 5. The molecule has 0 atom stereocenters. The van der Waals surface area contributed by atoms with Gasteiger partial charge < -0.3 is 26.8 Å². The minimum Gasteiger partial charge on any atom is -1.00 e. The molecule has 2 heterocycles. The number of ketones is 3. The van der Waals surface area contributed by atoms with Gasteiger partial charge in [-0.2, -0.15) is 0 Å². The van der Waals surface area contributed by atoms with Crippen LogP contribution < -0.4 is 114 Å². The first-order valence-corrected chi connectivity index (χ1v) is 34.6. The zero-order valence-electron chi connectivity index (χ0n) is 52.6. The van der Waals surface area contributed by atoms with Gasteiger partial charge in [-0.3, -0.25) is 23.7 Å². The Bertz CT molecular complexity index is 4580. The standard InChI is InChI=1S/C19H16O3.C18H14O.C16H8Cl2N2.C10H7IO.C8H9NO2.CH2O3.Cl3OP.2K.H/c1-22-19(21)17-9-5-3-7-15(17)11-13-10-14-6-2-4-8-16(14)18(20)12-13;19-18-16-8-4-3-7-14(16)10-15-9-12-5-1-2-6-13(12)11-17(15)18;17-14-9-5-1-3-7-11(9)19-16-13(14)15(18)10-6-2-4-8-12(10)20-16;11-8-5-7-3-1-2-4-9(7)10(12)6-8;1-11-8(10)6-4-2-3-5-7(6)9;2-1-4-3;1-5(2,3)4;;;/h2-9,12H,10-11H2,1H3;1-8H,9-11H2;1-8H;1-4,6H,5H2;2-5H,9H2,1H3;1,3H;;;;/q;;;;;;;2*+1;-1/p-1. The Morgan fingerprint density at radius 1 is 0.568 bits per heavy atom. The summed E-state index contributed by atoms with van der Waals surface area (Å²) in [5.74, 6) is -0.332. The van der Waals surface area contributed by atoms with E-state index in [0.29, 0.717) is 44.3 Å². The van der Waals surface area contributed by atoms with Crippen LogP contribution in [0.1, 0.15) is 86.6 Å². The van der Waals surface area contributed by atoms with Crippen molar-refractivity contribution >= 4 is 159 Å². The maximum absolute atomic E-state index is 12.6. The molecule has 4 aliphatic carbocycles. The normalized spacial score (nSPS) is 12.7. The number of hydrogen-bond acceptors (Lipinski definition) is 14. The first-order valence-electron chi connectivity index (χ1n) is 28.3. The summed E-state index contributed by atoms with van der Waals surface area (Å²) in [7, 11) is 2.70. The Morgan fingerprint density at radius 3 is 1.49 bits per heavy atom. The first-order chi connectivity index (χ1) is 44.7. The number of hydrogen-bond donors (Lipinski definition) is 1. The van der Waals surface area contributed by atoms with Crippen LogP contribution in [0, 0.1) is 0 Å². The number of pyridine rings is 2. The van der Waals surface area contributed by atoms with Crippen molar-refractivity contribution in [2.45, 2.75) is 38.5 Å². The smallest absolute Gasteiger partial charge is 1.00 e. The van der Waals surface area contributed by atoms with Crippen molar-refractivity contribution in [2.75, 3.05) is 20.0 Å². The van der Waals surface area contributed by atoms with E-state index in [4.69, 9.17) is 43.7 Å². The maximum atomic E-state index is 12.6. The third kappa shape index (κ3) is 21.7. The second-order valence-electron chi connectivity index (χ2n) is 20.7. The number of benzene rings is 8. The minimum atomic E-state index is -3.22. The molecule has 0 fully saturated rings. The number of halogens is 6. The summed E-state index contributed by atoms with van der Waals surface area (Å²) in [5, 5.41) is 8.91. The van der Waals surface area contributed by atoms with E-state index in [1.807, 2.05) is 133 Å². The van der Waals surface area contributed by atoms with Gasteiger partial charge in [0.1, 0.15) is 0 Å². The number of aromatic nitrogens is 2. The van der Waals surface area contributed by atoms with Gasteiger partial charge in [0.15, 0.2) is 23.0 Å². The summed E-state index contributed by atoms with van der Waals surface area (Å²) in [6.07, 6.45) is 8.29. The molecule has 10 aromatic rings. The number of esters is 2. The molecule has 95 heavy (non-hydrogen) atoms. The van der Waals surface area contributed by atoms with E-state index in [9.17, 15) is 28.5 Å². The molecule has 0 saturated carbocycles. The number of carbonyl (C=O) groups excluding carboxylic acids is 6. The molecule has 0 amide bonds. The molecule has 0 radical (unpaired) electrons. The van der Waals surface area contributed by atoms with Crippen LogP contribution in [-0.2, 0) is 62.2 Å². The molecule has 23 heteroatoms. The second-order valence-corrected chi connectivity index (χ2v) is 29.5. The molecule has 0 saturated heterocycles. The number of ether oxygens (including phenoxy) is 2. The van der Waals surface area contributed by atoms with Crippen molar-refractivity contribution in [3.05, 3.63) is 298 Å². The van der Waals surface area contributed by atoms with Crippen LogP contribution >= 0.6 is 84.7 Å². The van der Waals surface area contributed by atoms with Crippen molar-refractivity contribution in [3.63, 3.8) is 0 Å². The molecular formula is C72H56Cl5IK2N3O11P. The number of nitrogens with two attached hydrogens (primary N) is 1. The molecular weight excluding hydrogens is 1500 g/mol. The Balaban J connectivity index is 0.000000212. The summed E-state index contributed by atoms with van der Waals surface area (Å²) in [4.78, 5) is 79.4. The number of methoxy groups -OCH3 is 2. The van der Waals surface area contributed by atoms with Crippen LogP contribution in [0.4, 0.5) is 5.69 Å². The van der Waals surface area contributed by atoms with Crippen LogP contribution in [-0.4, -0.2) is 59.9 Å². The molecule has 474 valence electrons. The quantitative estimate of drug-likeness (QED) is 0.0195. The summed E-state index contributed by atoms with van der Waals surface area (Å²) >= 11 is 29.1. The van der Waals surface area contributed by atoms with Crippen LogP contribution in [0.3, 0.4) is 0 Å². The number of allylic oxidation sites excluding steroid dienone is 6. The Hall–Kier alpha value is -5.08. The number of carbonyl (C=O) groups is 6. The Kier molecular flexibility index (Phi) is 31.8. The topological polar surface area (TPSA) is 222 Å². The van der Waals surface area contributed by atoms with Gasteiger partial charge in [-0.25, -0.2) is 19.6 Å². The molecule has 2 N–H and O–H groups in total. The van der Waals surface area contributed by atoms with Gasteiger partial charge in [0.05, 0.1) is 51.8 Å². The second kappa shape index (κ2) is 38.3. The maximum Gasteiger partial charge on any atom is 1.00 e. The molecule has 0 aliphatic heterocycles. The Morgan fingerprint density at radius 2 is 0.968 bits per heavy atom. The molecule has 0 bridgehead atoms. The fourth-order valence-electron chi connectivity index (χ4n) is 10.7. The molecule has 14 rings (SSSR count). The number of fused-ring (bicyclic) bond motifs is 7. The van der Waals surface area contributed by atoms with Crippen LogP contribution in [0.5, 0.6) is 0 Å². The minimum absolute atomic E-state index is 0. The average Bonchev–Trinajstić information content (AvgIpc) is 0.760. The zero-order valence-corrected chi connectivity index (χ0v) is 64.7. The summed E-state index contributed by atoms with van der Waals surface area (Å²) in [6.45, 7) is -0.181. The van der Waals surface area contributed by atoms with Gasteiger partial charge in [0, 0.05) is 51.6 Å². The number of Topliss-reactive ketones (excluding diaryl/α,β-unsaturated/α-hetero) is 1. The van der Waals surface area contributed by atoms with E-state index in [1.54, 1.807) is 42.5 Å². The SMILES string of the molecule is COC(=O)c1ccccc1CC1=CC(=O)c2ccccc2C1.COC(=O)c1ccccc1N.Clc1c2ccccc2nc2nc3ccccc3c(Cl)c12.O=C1C2=C(Cc3ccccc3C2)Cc2ccccc21.O=C1C=C(I)Cc2ccccc21.O=CO[O-].O=P(Cl)(Cl)Cl.[H-].[K+].[K+]. The molecule has 4 aliphatic rings. The monoisotopic (exact) mass is 1550 g/mol. The van der Waals surface area contributed by atoms with E-state index in [0.717, 1.165) is 102 Å². The summed E-state index contributed by atoms with van der Waals surface area (Å²) in [6, 6.07) is 61.5. The van der Waals surface area contributed by atoms with Crippen LogP contribution in [0.15, 0.2) is 227 Å².